The van der Waals surface area contributed by atoms with Gasteiger partial charge < -0.3 is 18.9 Å². The third kappa shape index (κ3) is 13.1. The van der Waals surface area contributed by atoms with Crippen LogP contribution in [0.3, 0.4) is 0 Å². The van der Waals surface area contributed by atoms with Crippen LogP contribution in [-0.2, 0) is 18.9 Å². The summed E-state index contributed by atoms with van der Waals surface area (Å²) in [6.07, 6.45) is 11.0. The lowest BCUT2D eigenvalue weighted by Crippen LogP contribution is -2.53. The molecule has 0 aromatic rings. The molecule has 0 saturated carbocycles. The van der Waals surface area contributed by atoms with E-state index in [1.54, 1.807) is 0 Å². The molecule has 0 fully saturated rings. The van der Waals surface area contributed by atoms with E-state index in [-0.39, 0.29) is 12.2 Å². The van der Waals surface area contributed by atoms with Crippen LogP contribution < -0.4 is 0 Å². The molecule has 0 heterocycles. The van der Waals surface area contributed by atoms with E-state index in [2.05, 4.69) is 48.5 Å². The predicted molar refractivity (Wildman–Crippen MR) is 119 cm³/mol. The molecule has 0 rings (SSSR count). The Morgan fingerprint density at radius 2 is 1.21 bits per heavy atom. The van der Waals surface area contributed by atoms with Gasteiger partial charge in [0.2, 0.25) is 0 Å². The highest BCUT2D eigenvalue weighted by molar-refractivity contribution is 4.75. The third-order valence-corrected chi connectivity index (χ3v) is 4.62. The van der Waals surface area contributed by atoms with Crippen LogP contribution in [0.5, 0.6) is 0 Å². The SMILES string of the molecule is CCCCCCOC(OCCCC)(OCC(C)C)C(CCCCC)OC(C)C. The number of hydrogen-bond donors (Lipinski definition) is 0. The molecule has 0 aromatic heterocycles. The van der Waals surface area contributed by atoms with Gasteiger partial charge in [-0.1, -0.05) is 79.6 Å². The maximum absolute atomic E-state index is 6.40. The van der Waals surface area contributed by atoms with Gasteiger partial charge in [-0.3, -0.25) is 0 Å². The lowest BCUT2D eigenvalue weighted by Gasteiger charge is -2.40. The summed E-state index contributed by atoms with van der Waals surface area (Å²) < 4.78 is 25.4. The van der Waals surface area contributed by atoms with Crippen LogP contribution in [0.15, 0.2) is 0 Å². The number of rotatable bonds is 20. The van der Waals surface area contributed by atoms with Crippen molar-refractivity contribution in [2.45, 2.75) is 131 Å². The summed E-state index contributed by atoms with van der Waals surface area (Å²) >= 11 is 0. The molecule has 28 heavy (non-hydrogen) atoms. The minimum atomic E-state index is -1.09. The number of ether oxygens (including phenoxy) is 4. The van der Waals surface area contributed by atoms with Crippen molar-refractivity contribution in [1.82, 2.24) is 0 Å². The van der Waals surface area contributed by atoms with Crippen molar-refractivity contribution in [3.05, 3.63) is 0 Å². The van der Waals surface area contributed by atoms with E-state index >= 15 is 0 Å². The smallest absolute Gasteiger partial charge is 0.310 e. The number of unbranched alkanes of at least 4 members (excludes halogenated alkanes) is 6. The Bertz CT molecular complexity index is 333. The van der Waals surface area contributed by atoms with E-state index < -0.39 is 5.97 Å². The first-order valence-electron chi connectivity index (χ1n) is 12.0. The van der Waals surface area contributed by atoms with Gasteiger partial charge in [-0.2, -0.15) is 0 Å². The zero-order chi connectivity index (χ0) is 21.3. The molecule has 0 aliphatic heterocycles. The van der Waals surface area contributed by atoms with Gasteiger partial charge in [0.25, 0.3) is 0 Å². The van der Waals surface area contributed by atoms with Gasteiger partial charge in [0.15, 0.2) is 0 Å². The van der Waals surface area contributed by atoms with Crippen molar-refractivity contribution in [3.63, 3.8) is 0 Å². The monoisotopic (exact) mass is 402 g/mol. The van der Waals surface area contributed by atoms with E-state index in [1.165, 1.54) is 32.1 Å². The minimum Gasteiger partial charge on any atom is -0.367 e. The second-order valence-electron chi connectivity index (χ2n) is 8.59. The van der Waals surface area contributed by atoms with Crippen LogP contribution in [-0.4, -0.2) is 38.0 Å². The van der Waals surface area contributed by atoms with Crippen LogP contribution >= 0.6 is 0 Å². The summed E-state index contributed by atoms with van der Waals surface area (Å²) in [4.78, 5) is 0. The second kappa shape index (κ2) is 17.7. The molecule has 2 atom stereocenters. The zero-order valence-electron chi connectivity index (χ0n) is 20.1. The standard InChI is InChI=1S/C24H50O4/c1-8-11-14-16-19-26-24(25-18-13-10-3,27-20-21(4)5)23(28-22(6)7)17-15-12-9-2/h21-23H,8-20H2,1-7H3. The molecule has 0 amide bonds. The van der Waals surface area contributed by atoms with Crippen molar-refractivity contribution < 1.29 is 18.9 Å². The van der Waals surface area contributed by atoms with Gasteiger partial charge >= 0.3 is 5.97 Å². The molecular weight excluding hydrogens is 352 g/mol. The molecule has 170 valence electrons. The molecule has 0 saturated heterocycles. The molecule has 4 nitrogen and oxygen atoms in total. The Hall–Kier alpha value is -0.160. The van der Waals surface area contributed by atoms with Crippen LogP contribution in [0, 0.1) is 5.92 Å². The van der Waals surface area contributed by atoms with E-state index in [4.69, 9.17) is 18.9 Å². The lowest BCUT2D eigenvalue weighted by molar-refractivity contribution is -0.423. The van der Waals surface area contributed by atoms with E-state index in [0.29, 0.717) is 25.7 Å². The molecule has 0 aromatic carbocycles. The van der Waals surface area contributed by atoms with Crippen LogP contribution in [0.25, 0.3) is 0 Å². The maximum atomic E-state index is 6.40. The minimum absolute atomic E-state index is 0.104. The van der Waals surface area contributed by atoms with Crippen molar-refractivity contribution in [2.75, 3.05) is 19.8 Å². The summed E-state index contributed by atoms with van der Waals surface area (Å²) in [7, 11) is 0. The van der Waals surface area contributed by atoms with Gasteiger partial charge in [-0.15, -0.1) is 0 Å². The Labute approximate surface area is 176 Å². The normalized spacial score (nSPS) is 15.3. The van der Waals surface area contributed by atoms with Gasteiger partial charge in [-0.25, -0.2) is 0 Å². The van der Waals surface area contributed by atoms with Crippen molar-refractivity contribution >= 4 is 0 Å². The highest BCUT2D eigenvalue weighted by Gasteiger charge is 2.44. The molecule has 2 unspecified atom stereocenters. The second-order valence-corrected chi connectivity index (χ2v) is 8.59. The highest BCUT2D eigenvalue weighted by atomic mass is 16.9. The summed E-state index contributed by atoms with van der Waals surface area (Å²) in [6, 6.07) is 0. The van der Waals surface area contributed by atoms with Gasteiger partial charge in [-0.05, 0) is 39.0 Å². The zero-order valence-corrected chi connectivity index (χ0v) is 20.1. The van der Waals surface area contributed by atoms with E-state index in [9.17, 15) is 0 Å². The van der Waals surface area contributed by atoms with Crippen LogP contribution in [0.4, 0.5) is 0 Å². The molecule has 0 aliphatic rings. The fourth-order valence-electron chi connectivity index (χ4n) is 3.03. The van der Waals surface area contributed by atoms with Crippen molar-refractivity contribution in [1.29, 1.82) is 0 Å². The average Bonchev–Trinajstić information content (AvgIpc) is 2.64. The van der Waals surface area contributed by atoms with Crippen LogP contribution in [0.1, 0.15) is 113 Å². The molecule has 0 bridgehead atoms. The summed E-state index contributed by atoms with van der Waals surface area (Å²) in [5, 5.41) is 0. The number of hydrogen-bond acceptors (Lipinski definition) is 4. The molecule has 0 spiro atoms. The van der Waals surface area contributed by atoms with Gasteiger partial charge in [0.1, 0.15) is 6.10 Å². The maximum Gasteiger partial charge on any atom is 0.310 e. The summed E-state index contributed by atoms with van der Waals surface area (Å²) in [5.41, 5.74) is 0. The molecule has 4 heteroatoms. The molecule has 0 N–H and O–H groups in total. The van der Waals surface area contributed by atoms with Crippen molar-refractivity contribution in [2.24, 2.45) is 5.92 Å². The Morgan fingerprint density at radius 3 is 1.75 bits per heavy atom. The topological polar surface area (TPSA) is 36.9 Å². The summed E-state index contributed by atoms with van der Waals surface area (Å²) in [6.45, 7) is 17.0. The first kappa shape index (κ1) is 27.8. The fourth-order valence-corrected chi connectivity index (χ4v) is 3.03. The Morgan fingerprint density at radius 1 is 0.643 bits per heavy atom. The fraction of sp³-hybridized carbons (Fsp3) is 1.00. The third-order valence-electron chi connectivity index (χ3n) is 4.62. The van der Waals surface area contributed by atoms with Crippen LogP contribution in [0.2, 0.25) is 0 Å². The first-order valence-corrected chi connectivity index (χ1v) is 12.0. The van der Waals surface area contributed by atoms with E-state index in [0.717, 1.165) is 32.1 Å². The van der Waals surface area contributed by atoms with Crippen molar-refractivity contribution in [3.8, 4) is 0 Å². The first-order chi connectivity index (χ1) is 13.4. The largest absolute Gasteiger partial charge is 0.367 e. The molecular formula is C24H50O4. The van der Waals surface area contributed by atoms with Gasteiger partial charge in [0, 0.05) is 0 Å². The average molecular weight is 403 g/mol. The summed E-state index contributed by atoms with van der Waals surface area (Å²) in [5.74, 6) is -0.683. The quantitative estimate of drug-likeness (QED) is 0.161. The molecule has 0 radical (unpaired) electrons. The highest BCUT2D eigenvalue weighted by Crippen LogP contribution is 2.30. The predicted octanol–water partition coefficient (Wildman–Crippen LogP) is 7.10. The van der Waals surface area contributed by atoms with Gasteiger partial charge in [0.05, 0.1) is 25.9 Å². The van der Waals surface area contributed by atoms with E-state index in [1.807, 2.05) is 0 Å². The Balaban J connectivity index is 5.39. The lowest BCUT2D eigenvalue weighted by atomic mass is 10.1. The molecule has 0 aliphatic carbocycles. The Kier molecular flexibility index (Phi) is 17.6.